The molecule has 1 aromatic rings. The molecule has 94 valence electrons. The van der Waals surface area contributed by atoms with Crippen LogP contribution in [-0.4, -0.2) is 33.2 Å². The standard InChI is InChI=1S/C12H18N2O3/c1-8-6-10(16-2)11(17-3)7-9(8)12(15)14-5-4-13/h6-7H,4-5,13H2,1-3H3,(H,14,15). The van der Waals surface area contributed by atoms with E-state index in [0.29, 0.717) is 30.2 Å². The van der Waals surface area contributed by atoms with Crippen LogP contribution in [0.2, 0.25) is 0 Å². The summed E-state index contributed by atoms with van der Waals surface area (Å²) in [5, 5.41) is 2.72. The first-order valence-electron chi connectivity index (χ1n) is 5.35. The molecule has 0 saturated carbocycles. The van der Waals surface area contributed by atoms with Crippen molar-refractivity contribution in [2.75, 3.05) is 27.3 Å². The molecule has 0 aliphatic carbocycles. The molecule has 0 saturated heterocycles. The van der Waals surface area contributed by atoms with Gasteiger partial charge in [0.2, 0.25) is 0 Å². The summed E-state index contributed by atoms with van der Waals surface area (Å²) in [6.45, 7) is 2.71. The Labute approximate surface area is 101 Å². The van der Waals surface area contributed by atoms with Gasteiger partial charge in [0.1, 0.15) is 0 Å². The van der Waals surface area contributed by atoms with Crippen molar-refractivity contribution in [3.05, 3.63) is 23.3 Å². The number of ether oxygens (including phenoxy) is 2. The molecule has 0 heterocycles. The number of methoxy groups -OCH3 is 2. The fourth-order valence-corrected chi connectivity index (χ4v) is 1.51. The molecule has 0 spiro atoms. The molecule has 0 bridgehead atoms. The van der Waals surface area contributed by atoms with E-state index in [1.807, 2.05) is 6.92 Å². The number of hydrogen-bond donors (Lipinski definition) is 2. The zero-order valence-corrected chi connectivity index (χ0v) is 10.4. The van der Waals surface area contributed by atoms with Crippen LogP contribution < -0.4 is 20.5 Å². The van der Waals surface area contributed by atoms with E-state index in [9.17, 15) is 4.79 Å². The highest BCUT2D eigenvalue weighted by molar-refractivity contribution is 5.96. The van der Waals surface area contributed by atoms with Gasteiger partial charge in [0.25, 0.3) is 5.91 Å². The predicted molar refractivity (Wildman–Crippen MR) is 65.7 cm³/mol. The van der Waals surface area contributed by atoms with Gasteiger partial charge in [-0.2, -0.15) is 0 Å². The maximum atomic E-state index is 11.8. The van der Waals surface area contributed by atoms with Crippen molar-refractivity contribution in [2.24, 2.45) is 5.73 Å². The maximum Gasteiger partial charge on any atom is 0.251 e. The average molecular weight is 238 g/mol. The van der Waals surface area contributed by atoms with E-state index in [-0.39, 0.29) is 5.91 Å². The number of rotatable bonds is 5. The molecule has 0 aliphatic heterocycles. The molecule has 1 amide bonds. The Balaban J connectivity index is 3.03. The van der Waals surface area contributed by atoms with Crippen LogP contribution >= 0.6 is 0 Å². The van der Waals surface area contributed by atoms with Crippen LogP contribution in [0, 0.1) is 6.92 Å². The monoisotopic (exact) mass is 238 g/mol. The van der Waals surface area contributed by atoms with Crippen LogP contribution in [0.15, 0.2) is 12.1 Å². The molecular formula is C12H18N2O3. The molecule has 5 nitrogen and oxygen atoms in total. The highest BCUT2D eigenvalue weighted by atomic mass is 16.5. The molecule has 17 heavy (non-hydrogen) atoms. The predicted octanol–water partition coefficient (Wildman–Crippen LogP) is 0.701. The van der Waals surface area contributed by atoms with E-state index in [2.05, 4.69) is 5.32 Å². The second kappa shape index (κ2) is 6.10. The smallest absolute Gasteiger partial charge is 0.251 e. The van der Waals surface area contributed by atoms with Crippen LogP contribution in [0.25, 0.3) is 0 Å². The summed E-state index contributed by atoms with van der Waals surface area (Å²) in [5.41, 5.74) is 6.73. The third-order valence-corrected chi connectivity index (χ3v) is 2.41. The Hall–Kier alpha value is -1.75. The van der Waals surface area contributed by atoms with Gasteiger partial charge in [-0.1, -0.05) is 0 Å². The number of hydrogen-bond acceptors (Lipinski definition) is 4. The van der Waals surface area contributed by atoms with Crippen molar-refractivity contribution in [3.8, 4) is 11.5 Å². The fraction of sp³-hybridized carbons (Fsp3) is 0.417. The van der Waals surface area contributed by atoms with E-state index in [1.54, 1.807) is 19.2 Å². The molecule has 1 aromatic carbocycles. The number of nitrogens with one attached hydrogen (secondary N) is 1. The topological polar surface area (TPSA) is 73.6 Å². The zero-order valence-electron chi connectivity index (χ0n) is 10.4. The molecule has 0 aromatic heterocycles. The first-order valence-corrected chi connectivity index (χ1v) is 5.35. The van der Waals surface area contributed by atoms with Crippen molar-refractivity contribution in [1.82, 2.24) is 5.32 Å². The number of carbonyl (C=O) groups excluding carboxylic acids is 1. The summed E-state index contributed by atoms with van der Waals surface area (Å²) in [5.74, 6) is 0.991. The third-order valence-electron chi connectivity index (χ3n) is 2.41. The van der Waals surface area contributed by atoms with Crippen molar-refractivity contribution in [3.63, 3.8) is 0 Å². The van der Waals surface area contributed by atoms with Crippen LogP contribution in [0.4, 0.5) is 0 Å². The van der Waals surface area contributed by atoms with Crippen LogP contribution in [0.1, 0.15) is 15.9 Å². The Morgan fingerprint density at radius 1 is 1.29 bits per heavy atom. The Morgan fingerprint density at radius 3 is 2.41 bits per heavy atom. The molecular weight excluding hydrogens is 220 g/mol. The zero-order chi connectivity index (χ0) is 12.8. The van der Waals surface area contributed by atoms with Gasteiger partial charge in [0, 0.05) is 18.7 Å². The van der Waals surface area contributed by atoms with Crippen LogP contribution in [-0.2, 0) is 0 Å². The lowest BCUT2D eigenvalue weighted by Crippen LogP contribution is -2.29. The summed E-state index contributed by atoms with van der Waals surface area (Å²) in [6.07, 6.45) is 0. The van der Waals surface area contributed by atoms with Crippen LogP contribution in [0.3, 0.4) is 0 Å². The first kappa shape index (κ1) is 13.3. The van der Waals surface area contributed by atoms with Gasteiger partial charge in [-0.15, -0.1) is 0 Å². The minimum atomic E-state index is -0.158. The highest BCUT2D eigenvalue weighted by Crippen LogP contribution is 2.30. The largest absolute Gasteiger partial charge is 0.493 e. The number of benzene rings is 1. The number of aryl methyl sites for hydroxylation is 1. The number of carbonyl (C=O) groups is 1. The van der Waals surface area contributed by atoms with Crippen molar-refractivity contribution in [2.45, 2.75) is 6.92 Å². The lowest BCUT2D eigenvalue weighted by Gasteiger charge is -2.12. The minimum Gasteiger partial charge on any atom is -0.493 e. The molecule has 3 N–H and O–H groups in total. The van der Waals surface area contributed by atoms with Crippen molar-refractivity contribution >= 4 is 5.91 Å². The minimum absolute atomic E-state index is 0.158. The van der Waals surface area contributed by atoms with Gasteiger partial charge < -0.3 is 20.5 Å². The van der Waals surface area contributed by atoms with Crippen LogP contribution in [0.5, 0.6) is 11.5 Å². The molecule has 0 atom stereocenters. The Bertz CT molecular complexity index is 405. The summed E-state index contributed by atoms with van der Waals surface area (Å²) in [7, 11) is 3.10. The first-order chi connectivity index (χ1) is 8.13. The fourth-order valence-electron chi connectivity index (χ4n) is 1.51. The van der Waals surface area contributed by atoms with E-state index in [1.165, 1.54) is 7.11 Å². The van der Waals surface area contributed by atoms with Crippen molar-refractivity contribution < 1.29 is 14.3 Å². The molecule has 0 fully saturated rings. The summed E-state index contributed by atoms with van der Waals surface area (Å²) >= 11 is 0. The quantitative estimate of drug-likeness (QED) is 0.792. The van der Waals surface area contributed by atoms with Gasteiger partial charge >= 0.3 is 0 Å². The second-order valence-corrected chi connectivity index (χ2v) is 3.57. The third kappa shape index (κ3) is 3.10. The summed E-state index contributed by atoms with van der Waals surface area (Å²) in [6, 6.07) is 3.44. The van der Waals surface area contributed by atoms with Gasteiger partial charge in [0.05, 0.1) is 14.2 Å². The summed E-state index contributed by atoms with van der Waals surface area (Å²) < 4.78 is 10.3. The van der Waals surface area contributed by atoms with Gasteiger partial charge in [-0.05, 0) is 24.6 Å². The second-order valence-electron chi connectivity index (χ2n) is 3.57. The van der Waals surface area contributed by atoms with E-state index in [4.69, 9.17) is 15.2 Å². The Morgan fingerprint density at radius 2 is 1.88 bits per heavy atom. The number of amides is 1. The molecule has 5 heteroatoms. The van der Waals surface area contributed by atoms with Gasteiger partial charge in [-0.3, -0.25) is 4.79 Å². The van der Waals surface area contributed by atoms with Crippen molar-refractivity contribution in [1.29, 1.82) is 0 Å². The van der Waals surface area contributed by atoms with E-state index >= 15 is 0 Å². The summed E-state index contributed by atoms with van der Waals surface area (Å²) in [4.78, 5) is 11.8. The molecule has 1 rings (SSSR count). The molecule has 0 radical (unpaired) electrons. The highest BCUT2D eigenvalue weighted by Gasteiger charge is 2.13. The average Bonchev–Trinajstić information content (AvgIpc) is 2.35. The van der Waals surface area contributed by atoms with Gasteiger partial charge in [0.15, 0.2) is 11.5 Å². The number of nitrogens with two attached hydrogens (primary N) is 1. The lowest BCUT2D eigenvalue weighted by molar-refractivity contribution is 0.0953. The molecule has 0 aliphatic rings. The Kier molecular flexibility index (Phi) is 4.78. The SMILES string of the molecule is COc1cc(C)c(C(=O)NCCN)cc1OC. The van der Waals surface area contributed by atoms with Gasteiger partial charge in [-0.25, -0.2) is 0 Å². The molecule has 0 unspecified atom stereocenters. The lowest BCUT2D eigenvalue weighted by atomic mass is 10.1. The van der Waals surface area contributed by atoms with E-state index in [0.717, 1.165) is 5.56 Å². The van der Waals surface area contributed by atoms with E-state index < -0.39 is 0 Å². The normalized spacial score (nSPS) is 9.88. The maximum absolute atomic E-state index is 11.8.